The van der Waals surface area contributed by atoms with Crippen LogP contribution in [-0.4, -0.2) is 9.55 Å². The van der Waals surface area contributed by atoms with Crippen molar-refractivity contribution in [3.63, 3.8) is 0 Å². The zero-order valence-corrected chi connectivity index (χ0v) is 15.8. The number of halogens is 1. The number of benzene rings is 1. The summed E-state index contributed by atoms with van der Waals surface area (Å²) >= 11 is 0. The molecule has 0 unspecified atom stereocenters. The summed E-state index contributed by atoms with van der Waals surface area (Å²) in [5, 5.41) is 0. The molecule has 0 fully saturated rings. The van der Waals surface area contributed by atoms with Gasteiger partial charge in [0.05, 0.1) is 0 Å². The van der Waals surface area contributed by atoms with Gasteiger partial charge in [0.15, 0.2) is 0 Å². The van der Waals surface area contributed by atoms with Crippen LogP contribution in [0.2, 0.25) is 0 Å². The van der Waals surface area contributed by atoms with E-state index in [1.165, 1.54) is 23.9 Å². The Labute approximate surface area is 172 Å². The van der Waals surface area contributed by atoms with Gasteiger partial charge in [-0.15, -0.1) is 0 Å². The summed E-state index contributed by atoms with van der Waals surface area (Å²) in [7, 11) is 0. The third kappa shape index (κ3) is 10.8. The quantitative estimate of drug-likeness (QED) is 0.635. The van der Waals surface area contributed by atoms with E-state index >= 15 is 0 Å². The number of nitrogens with zero attached hydrogens (tertiary/aromatic N) is 2. The predicted molar refractivity (Wildman–Crippen MR) is 99.6 cm³/mol. The first-order valence-corrected chi connectivity index (χ1v) is 6.70. The molecular weight excluding hydrogens is 380 g/mol. The molecule has 3 nitrogen and oxygen atoms in total. The molecule has 2 aromatic rings. The fraction of sp³-hybridized carbons (Fsp3) is 0.474. The first kappa shape index (κ1) is 31.0. The number of hydrogen-bond acceptors (Lipinski definition) is 2. The summed E-state index contributed by atoms with van der Waals surface area (Å²) in [6, 6.07) is 8.58. The van der Waals surface area contributed by atoms with E-state index in [4.69, 9.17) is 0 Å². The van der Waals surface area contributed by atoms with Gasteiger partial charge in [-0.1, -0.05) is 48.3 Å². The topological polar surface area (TPSA) is 34.9 Å². The molecule has 0 N–H and O–H groups in total. The van der Waals surface area contributed by atoms with Crippen LogP contribution in [0.4, 0.5) is 4.39 Å². The molecule has 24 heavy (non-hydrogen) atoms. The molecule has 0 amide bonds. The van der Waals surface area contributed by atoms with Crippen LogP contribution in [0.5, 0.6) is 0 Å². The molecule has 0 saturated heterocycles. The van der Waals surface area contributed by atoms with Gasteiger partial charge in [0, 0.05) is 51.1 Å². The Morgan fingerprint density at radius 2 is 1.50 bits per heavy atom. The maximum absolute atomic E-state index is 12.4. The largest absolute Gasteiger partial charge is 0.347 e. The summed E-state index contributed by atoms with van der Waals surface area (Å²) in [6.45, 7) is 8.08. The van der Waals surface area contributed by atoms with Crippen molar-refractivity contribution in [2.24, 2.45) is 0 Å². The number of rotatable bonds is 2. The van der Waals surface area contributed by atoms with Crippen LogP contribution in [0.1, 0.15) is 67.5 Å². The molecule has 0 bridgehead atoms. The van der Waals surface area contributed by atoms with E-state index in [2.05, 4.69) is 18.8 Å². The van der Waals surface area contributed by atoms with E-state index in [0.717, 1.165) is 0 Å². The second-order valence-corrected chi connectivity index (χ2v) is 5.11. The average molecular weight is 413 g/mol. The van der Waals surface area contributed by atoms with Gasteiger partial charge in [-0.05, 0) is 43.5 Å². The maximum atomic E-state index is 12.4. The van der Waals surface area contributed by atoms with Crippen molar-refractivity contribution in [1.29, 1.82) is 0 Å². The predicted octanol–water partition coefficient (Wildman–Crippen LogP) is 5.68. The first-order valence-electron chi connectivity index (χ1n) is 6.70. The van der Waals surface area contributed by atoms with Crippen LogP contribution in [0.15, 0.2) is 47.5 Å². The molecule has 0 saturated carbocycles. The molecule has 1 aromatic heterocycles. The molecule has 1 heterocycles. The minimum atomic E-state index is -0.183. The molecule has 0 aliphatic heterocycles. The fourth-order valence-corrected chi connectivity index (χ4v) is 1.61. The zero-order valence-electron chi connectivity index (χ0n) is 13.0. The van der Waals surface area contributed by atoms with Gasteiger partial charge in [-0.25, -0.2) is 14.2 Å². The molecule has 0 spiro atoms. The van der Waals surface area contributed by atoms with Crippen LogP contribution < -0.4 is 5.69 Å². The van der Waals surface area contributed by atoms with Crippen molar-refractivity contribution in [2.45, 2.75) is 61.9 Å². The van der Waals surface area contributed by atoms with E-state index < -0.39 is 0 Å². The van der Waals surface area contributed by atoms with Crippen molar-refractivity contribution in [2.75, 3.05) is 0 Å². The number of hydrogen-bond donors (Lipinski definition) is 0. The van der Waals surface area contributed by atoms with E-state index in [1.54, 1.807) is 16.8 Å². The molecular formula is C19H33FN2OY. The maximum Gasteiger partial charge on any atom is 0.347 e. The fourth-order valence-electron chi connectivity index (χ4n) is 1.61. The third-order valence-corrected chi connectivity index (χ3v) is 2.83. The van der Waals surface area contributed by atoms with Crippen molar-refractivity contribution in [3.8, 4) is 0 Å². The summed E-state index contributed by atoms with van der Waals surface area (Å²) in [5.74, 6) is 0.324. The summed E-state index contributed by atoms with van der Waals surface area (Å²) < 4.78 is 13.9. The molecule has 5 heteroatoms. The zero-order chi connectivity index (χ0) is 15.1. The van der Waals surface area contributed by atoms with E-state index in [9.17, 15) is 9.18 Å². The van der Waals surface area contributed by atoms with E-state index in [-0.39, 0.29) is 72.5 Å². The Morgan fingerprint density at radius 1 is 1.00 bits per heavy atom. The van der Waals surface area contributed by atoms with Crippen molar-refractivity contribution in [1.82, 2.24) is 9.55 Å². The first-order chi connectivity index (χ1) is 9.41. The summed E-state index contributed by atoms with van der Waals surface area (Å²) in [6.07, 6.45) is 3.24. The van der Waals surface area contributed by atoms with Crippen molar-refractivity contribution < 1.29 is 37.1 Å². The summed E-state index contributed by atoms with van der Waals surface area (Å²) in [5.41, 5.74) is 0.999. The van der Waals surface area contributed by atoms with Crippen LogP contribution in [0, 0.1) is 5.82 Å². The van der Waals surface area contributed by atoms with Gasteiger partial charge in [0.2, 0.25) is 0 Å². The monoisotopic (exact) mass is 413 g/mol. The number of aromatic nitrogens is 2. The molecule has 0 aliphatic rings. The van der Waals surface area contributed by atoms with Crippen LogP contribution in [-0.2, 0) is 32.7 Å². The Kier molecular flexibility index (Phi) is 20.2. The van der Waals surface area contributed by atoms with Gasteiger partial charge in [0.25, 0.3) is 0 Å². The smallest absolute Gasteiger partial charge is 0.297 e. The van der Waals surface area contributed by atoms with Gasteiger partial charge in [-0.2, -0.15) is 0 Å². The summed E-state index contributed by atoms with van der Waals surface area (Å²) in [4.78, 5) is 14.5. The second kappa shape index (κ2) is 15.6. The van der Waals surface area contributed by atoms with E-state index in [1.807, 2.05) is 26.0 Å². The van der Waals surface area contributed by atoms with Crippen LogP contribution >= 0.6 is 0 Å². The Morgan fingerprint density at radius 3 is 1.83 bits per heavy atom. The van der Waals surface area contributed by atoms with E-state index in [0.29, 0.717) is 5.92 Å². The minimum Gasteiger partial charge on any atom is -0.297 e. The Balaban J connectivity index is -0.000000143. The SMILES string of the molecule is C.C.C.CC(C)c1ccc(F)cc1.CC(C)n1cccnc1=O.[Y]. The van der Waals surface area contributed by atoms with Crippen LogP contribution in [0.25, 0.3) is 0 Å². The second-order valence-electron chi connectivity index (χ2n) is 5.11. The van der Waals surface area contributed by atoms with Crippen molar-refractivity contribution in [3.05, 3.63) is 64.6 Å². The van der Waals surface area contributed by atoms with Crippen LogP contribution in [0.3, 0.4) is 0 Å². The van der Waals surface area contributed by atoms with Gasteiger partial charge in [-0.3, -0.25) is 4.57 Å². The third-order valence-electron chi connectivity index (χ3n) is 2.83. The minimum absolute atomic E-state index is 0. The Bertz CT molecular complexity index is 580. The van der Waals surface area contributed by atoms with Gasteiger partial charge < -0.3 is 0 Å². The van der Waals surface area contributed by atoms with Gasteiger partial charge >= 0.3 is 5.69 Å². The molecule has 1 radical (unpaired) electrons. The molecule has 0 atom stereocenters. The Hall–Kier alpha value is -0.866. The standard InChI is InChI=1S/C9H11F.C7H10N2O.3CH4.Y/c1-7(2)8-3-5-9(10)6-4-8;1-6(2)9-5-3-4-8-7(9)10;;;;/h3-7H,1-2H3;3-6H,1-2H3;3*1H4;. The normalized spacial score (nSPS) is 8.62. The molecule has 135 valence electrons. The molecule has 2 rings (SSSR count). The average Bonchev–Trinajstić information content (AvgIpc) is 2.40. The molecule has 0 aliphatic carbocycles. The molecule has 1 aromatic carbocycles. The van der Waals surface area contributed by atoms with Crippen molar-refractivity contribution >= 4 is 0 Å². The van der Waals surface area contributed by atoms with Gasteiger partial charge in [0.1, 0.15) is 5.82 Å².